The van der Waals surface area contributed by atoms with Crippen LogP contribution in [0.1, 0.15) is 67.2 Å². The van der Waals surface area contributed by atoms with E-state index in [1.54, 1.807) is 0 Å². The zero-order valence-corrected chi connectivity index (χ0v) is 16.5. The molecule has 2 bridgehead atoms. The molecule has 0 amide bonds. The highest BCUT2D eigenvalue weighted by Crippen LogP contribution is 2.56. The maximum absolute atomic E-state index is 6.03. The lowest BCUT2D eigenvalue weighted by Gasteiger charge is -2.36. The minimum atomic E-state index is -0.205. The third-order valence-corrected chi connectivity index (χ3v) is 6.62. The summed E-state index contributed by atoms with van der Waals surface area (Å²) < 4.78 is 23.5. The molecule has 24 heavy (non-hydrogen) atoms. The molecule has 0 radical (unpaired) electrons. The molecule has 2 rings (SSSR count). The molecular weight excluding hydrogens is 304 g/mol. The molecular formula is C20H38O4. The van der Waals surface area contributed by atoms with Gasteiger partial charge >= 0.3 is 0 Å². The van der Waals surface area contributed by atoms with E-state index in [0.29, 0.717) is 25.4 Å². The van der Waals surface area contributed by atoms with Gasteiger partial charge in [0.1, 0.15) is 13.6 Å². The van der Waals surface area contributed by atoms with E-state index in [1.165, 1.54) is 12.8 Å². The standard InChI is InChI=1S/C20H38O4/c1-7-13(3)21-11-23-20(24-12-22-14(4)8-2)19-10-17-9-18(19)16(6)15(17)5/h13-20H,7-12H2,1-6H3. The monoisotopic (exact) mass is 342 g/mol. The second kappa shape index (κ2) is 9.51. The summed E-state index contributed by atoms with van der Waals surface area (Å²) in [5.41, 5.74) is 0. The summed E-state index contributed by atoms with van der Waals surface area (Å²) in [5, 5.41) is 0. The molecule has 0 aliphatic heterocycles. The van der Waals surface area contributed by atoms with Crippen molar-refractivity contribution < 1.29 is 18.9 Å². The van der Waals surface area contributed by atoms with Gasteiger partial charge in [0.05, 0.1) is 12.2 Å². The second-order valence-corrected chi connectivity index (χ2v) is 7.99. The Hall–Kier alpha value is -0.160. The lowest BCUT2D eigenvalue weighted by atomic mass is 9.75. The highest BCUT2D eigenvalue weighted by Gasteiger charge is 2.51. The highest BCUT2D eigenvalue weighted by atomic mass is 16.8. The van der Waals surface area contributed by atoms with E-state index >= 15 is 0 Å². The smallest absolute Gasteiger partial charge is 0.166 e. The molecule has 142 valence electrons. The van der Waals surface area contributed by atoms with Crippen LogP contribution in [0.15, 0.2) is 0 Å². The van der Waals surface area contributed by atoms with Crippen molar-refractivity contribution in [1.82, 2.24) is 0 Å². The van der Waals surface area contributed by atoms with Crippen LogP contribution in [0.2, 0.25) is 0 Å². The Balaban J connectivity index is 1.87. The van der Waals surface area contributed by atoms with Gasteiger partial charge < -0.3 is 18.9 Å². The molecule has 4 nitrogen and oxygen atoms in total. The zero-order valence-electron chi connectivity index (χ0n) is 16.5. The number of fused-ring (bicyclic) bond motifs is 2. The van der Waals surface area contributed by atoms with Crippen LogP contribution < -0.4 is 0 Å². The van der Waals surface area contributed by atoms with Gasteiger partial charge in [-0.2, -0.15) is 0 Å². The second-order valence-electron chi connectivity index (χ2n) is 7.99. The SMILES string of the molecule is CCC(C)OCOC(OCOC(C)CC)C1CC2CC1C(C)C2C. The van der Waals surface area contributed by atoms with E-state index in [9.17, 15) is 0 Å². The summed E-state index contributed by atoms with van der Waals surface area (Å²) in [4.78, 5) is 0. The molecule has 7 atom stereocenters. The molecule has 0 aromatic heterocycles. The van der Waals surface area contributed by atoms with E-state index in [-0.39, 0.29) is 18.5 Å². The van der Waals surface area contributed by atoms with Gasteiger partial charge in [-0.05, 0) is 63.2 Å². The number of ether oxygens (including phenoxy) is 4. The van der Waals surface area contributed by atoms with E-state index in [2.05, 4.69) is 41.5 Å². The third-order valence-electron chi connectivity index (χ3n) is 6.62. The van der Waals surface area contributed by atoms with Crippen molar-refractivity contribution in [2.45, 2.75) is 85.7 Å². The lowest BCUT2D eigenvalue weighted by molar-refractivity contribution is -0.265. The maximum atomic E-state index is 6.03. The Bertz CT molecular complexity index is 344. The first-order valence-electron chi connectivity index (χ1n) is 9.94. The molecule has 0 N–H and O–H groups in total. The van der Waals surface area contributed by atoms with Crippen LogP contribution in [0.4, 0.5) is 0 Å². The predicted octanol–water partition coefficient (Wildman–Crippen LogP) is 4.82. The average Bonchev–Trinajstić information content (AvgIpc) is 3.13. The summed E-state index contributed by atoms with van der Waals surface area (Å²) in [5.74, 6) is 3.61. The molecule has 0 spiro atoms. The molecule has 0 aromatic carbocycles. The minimum absolute atomic E-state index is 0.205. The molecule has 2 fully saturated rings. The quantitative estimate of drug-likeness (QED) is 0.505. The van der Waals surface area contributed by atoms with Crippen molar-refractivity contribution in [3.63, 3.8) is 0 Å². The third kappa shape index (κ3) is 4.94. The summed E-state index contributed by atoms with van der Waals surface area (Å²) in [6.45, 7) is 13.8. The number of rotatable bonds is 11. The van der Waals surface area contributed by atoms with Gasteiger partial charge in [0.2, 0.25) is 0 Å². The highest BCUT2D eigenvalue weighted by molar-refractivity contribution is 4.98. The van der Waals surface area contributed by atoms with Crippen molar-refractivity contribution in [3.8, 4) is 0 Å². The van der Waals surface area contributed by atoms with Crippen molar-refractivity contribution in [1.29, 1.82) is 0 Å². The van der Waals surface area contributed by atoms with Gasteiger partial charge in [-0.25, -0.2) is 0 Å². The molecule has 4 heteroatoms. The molecule has 2 aliphatic rings. The summed E-state index contributed by atoms with van der Waals surface area (Å²) >= 11 is 0. The van der Waals surface area contributed by atoms with Gasteiger partial charge in [0, 0.05) is 5.92 Å². The molecule has 0 heterocycles. The van der Waals surface area contributed by atoms with Gasteiger partial charge in [0.15, 0.2) is 6.29 Å². The fourth-order valence-corrected chi connectivity index (χ4v) is 4.29. The van der Waals surface area contributed by atoms with Crippen LogP contribution in [-0.4, -0.2) is 32.1 Å². The molecule has 0 saturated heterocycles. The van der Waals surface area contributed by atoms with Crippen LogP contribution in [0, 0.1) is 29.6 Å². The molecule has 2 aliphatic carbocycles. The van der Waals surface area contributed by atoms with Crippen LogP contribution in [0.3, 0.4) is 0 Å². The topological polar surface area (TPSA) is 36.9 Å². The largest absolute Gasteiger partial charge is 0.352 e. The maximum Gasteiger partial charge on any atom is 0.166 e. The fraction of sp³-hybridized carbons (Fsp3) is 1.00. The van der Waals surface area contributed by atoms with E-state index in [4.69, 9.17) is 18.9 Å². The van der Waals surface area contributed by atoms with Gasteiger partial charge in [-0.15, -0.1) is 0 Å². The van der Waals surface area contributed by atoms with Gasteiger partial charge in [0.25, 0.3) is 0 Å². The number of hydrogen-bond acceptors (Lipinski definition) is 4. The first-order chi connectivity index (χ1) is 11.5. The Labute approximate surface area is 148 Å². The molecule has 2 saturated carbocycles. The zero-order chi connectivity index (χ0) is 17.7. The predicted molar refractivity (Wildman–Crippen MR) is 95.4 cm³/mol. The Kier molecular flexibility index (Phi) is 7.99. The Morgan fingerprint density at radius 1 is 0.792 bits per heavy atom. The van der Waals surface area contributed by atoms with Crippen molar-refractivity contribution in [2.24, 2.45) is 29.6 Å². The summed E-state index contributed by atoms with van der Waals surface area (Å²) in [6, 6.07) is 0. The first-order valence-corrected chi connectivity index (χ1v) is 9.94. The fourth-order valence-electron chi connectivity index (χ4n) is 4.29. The van der Waals surface area contributed by atoms with Crippen LogP contribution >= 0.6 is 0 Å². The summed E-state index contributed by atoms with van der Waals surface area (Å²) in [6.07, 6.45) is 4.77. The van der Waals surface area contributed by atoms with Gasteiger partial charge in [-0.3, -0.25) is 0 Å². The molecule has 7 unspecified atom stereocenters. The van der Waals surface area contributed by atoms with Crippen molar-refractivity contribution >= 4 is 0 Å². The van der Waals surface area contributed by atoms with Gasteiger partial charge in [-0.1, -0.05) is 27.7 Å². The normalized spacial score (nSPS) is 36.0. The minimum Gasteiger partial charge on any atom is -0.352 e. The molecule has 0 aromatic rings. The van der Waals surface area contributed by atoms with E-state index in [1.807, 2.05) is 0 Å². The summed E-state index contributed by atoms with van der Waals surface area (Å²) in [7, 11) is 0. The first kappa shape index (κ1) is 20.2. The van der Waals surface area contributed by atoms with Crippen molar-refractivity contribution in [3.05, 3.63) is 0 Å². The average molecular weight is 343 g/mol. The van der Waals surface area contributed by atoms with Crippen LogP contribution in [0.5, 0.6) is 0 Å². The Morgan fingerprint density at radius 2 is 1.33 bits per heavy atom. The Morgan fingerprint density at radius 3 is 1.75 bits per heavy atom. The lowest BCUT2D eigenvalue weighted by Crippen LogP contribution is -2.37. The van der Waals surface area contributed by atoms with Crippen LogP contribution in [-0.2, 0) is 18.9 Å². The number of hydrogen-bond donors (Lipinski definition) is 0. The van der Waals surface area contributed by atoms with Crippen LogP contribution in [0.25, 0.3) is 0 Å². The van der Waals surface area contributed by atoms with Crippen molar-refractivity contribution in [2.75, 3.05) is 13.6 Å². The van der Waals surface area contributed by atoms with E-state index in [0.717, 1.165) is 30.6 Å². The van der Waals surface area contributed by atoms with E-state index < -0.39 is 0 Å².